The molecule has 0 saturated carbocycles. The fourth-order valence-electron chi connectivity index (χ4n) is 2.17. The minimum absolute atomic E-state index is 0.00331. The van der Waals surface area contributed by atoms with Gasteiger partial charge in [-0.15, -0.1) is 0 Å². The minimum atomic E-state index is -3.06. The Bertz CT molecular complexity index is 603. The predicted octanol–water partition coefficient (Wildman–Crippen LogP) is 2.24. The third-order valence-corrected chi connectivity index (χ3v) is 5.12. The minimum Gasteiger partial charge on any atom is -0.376 e. The van der Waals surface area contributed by atoms with Crippen LogP contribution in [0.2, 0.25) is 5.02 Å². The van der Waals surface area contributed by atoms with Gasteiger partial charge in [0.25, 0.3) is 0 Å². The number of anilines is 1. The molecule has 1 heterocycles. The molecule has 1 N–H and O–H groups in total. The van der Waals surface area contributed by atoms with E-state index in [4.69, 9.17) is 11.6 Å². The van der Waals surface area contributed by atoms with Gasteiger partial charge in [-0.2, -0.15) is 0 Å². The molecule has 0 spiro atoms. The summed E-state index contributed by atoms with van der Waals surface area (Å²) in [6.07, 6.45) is 1.23. The summed E-state index contributed by atoms with van der Waals surface area (Å²) in [5, 5.41) is 13.9. The van der Waals surface area contributed by atoms with Crippen LogP contribution in [0.5, 0.6) is 0 Å². The first kappa shape index (κ1) is 14.1. The van der Waals surface area contributed by atoms with E-state index in [2.05, 4.69) is 5.32 Å². The van der Waals surface area contributed by atoms with E-state index in [0.29, 0.717) is 12.8 Å². The van der Waals surface area contributed by atoms with Crippen LogP contribution >= 0.6 is 11.6 Å². The number of nitrogens with one attached hydrogen (secondary N) is 1. The van der Waals surface area contributed by atoms with Crippen LogP contribution in [-0.4, -0.2) is 30.9 Å². The summed E-state index contributed by atoms with van der Waals surface area (Å²) in [4.78, 5) is 10.4. The topological polar surface area (TPSA) is 89.3 Å². The molecule has 1 aliphatic rings. The van der Waals surface area contributed by atoms with Crippen LogP contribution in [0.3, 0.4) is 0 Å². The van der Waals surface area contributed by atoms with Crippen LogP contribution < -0.4 is 5.32 Å². The molecule has 0 amide bonds. The fourth-order valence-corrected chi connectivity index (χ4v) is 4.05. The highest BCUT2D eigenvalue weighted by Gasteiger charge is 2.27. The number of halogens is 1. The van der Waals surface area contributed by atoms with E-state index >= 15 is 0 Å². The molecule has 0 radical (unpaired) electrons. The molecular weight excluding hydrogens is 292 g/mol. The lowest BCUT2D eigenvalue weighted by Crippen LogP contribution is -2.34. The molecule has 6 nitrogen and oxygen atoms in total. The van der Waals surface area contributed by atoms with Gasteiger partial charge in [0.2, 0.25) is 0 Å². The van der Waals surface area contributed by atoms with Crippen molar-refractivity contribution in [3.63, 3.8) is 0 Å². The molecule has 1 fully saturated rings. The molecule has 1 aromatic rings. The Morgan fingerprint density at radius 3 is 2.79 bits per heavy atom. The van der Waals surface area contributed by atoms with Gasteiger partial charge in [0, 0.05) is 6.04 Å². The zero-order valence-corrected chi connectivity index (χ0v) is 11.6. The number of nitro benzene ring substituents is 1. The molecule has 1 unspecified atom stereocenters. The monoisotopic (exact) mass is 304 g/mol. The normalized spacial score (nSPS) is 21.8. The van der Waals surface area contributed by atoms with Crippen molar-refractivity contribution in [1.29, 1.82) is 0 Å². The summed E-state index contributed by atoms with van der Waals surface area (Å²) in [6, 6.07) is 4.25. The SMILES string of the molecule is O=[N+]([O-])c1c(Cl)cccc1NC1CCCS(=O)(=O)C1. The maximum absolute atomic E-state index is 11.5. The maximum Gasteiger partial charge on any atom is 0.310 e. The van der Waals surface area contributed by atoms with E-state index in [1.165, 1.54) is 12.1 Å². The van der Waals surface area contributed by atoms with Crippen LogP contribution in [0, 0.1) is 10.1 Å². The quantitative estimate of drug-likeness (QED) is 0.683. The second-order valence-electron chi connectivity index (χ2n) is 4.49. The van der Waals surface area contributed by atoms with Crippen molar-refractivity contribution < 1.29 is 13.3 Å². The lowest BCUT2D eigenvalue weighted by atomic mass is 10.1. The summed E-state index contributed by atoms with van der Waals surface area (Å²) in [5.41, 5.74) is 0.0479. The molecule has 1 atom stereocenters. The lowest BCUT2D eigenvalue weighted by Gasteiger charge is -2.23. The maximum atomic E-state index is 11.5. The Kier molecular flexibility index (Phi) is 3.96. The summed E-state index contributed by atoms with van der Waals surface area (Å²) in [6.45, 7) is 0. The number of para-hydroxylation sites is 1. The molecule has 104 valence electrons. The lowest BCUT2D eigenvalue weighted by molar-refractivity contribution is -0.383. The third-order valence-electron chi connectivity index (χ3n) is 2.99. The highest BCUT2D eigenvalue weighted by Crippen LogP contribution is 2.33. The zero-order valence-electron chi connectivity index (χ0n) is 10.0. The van der Waals surface area contributed by atoms with Crippen molar-refractivity contribution >= 4 is 32.8 Å². The van der Waals surface area contributed by atoms with E-state index in [1.54, 1.807) is 6.07 Å². The van der Waals surface area contributed by atoms with Gasteiger partial charge in [-0.05, 0) is 25.0 Å². The van der Waals surface area contributed by atoms with Crippen LogP contribution in [0.1, 0.15) is 12.8 Å². The van der Waals surface area contributed by atoms with Crippen molar-refractivity contribution in [2.24, 2.45) is 0 Å². The first-order valence-electron chi connectivity index (χ1n) is 5.79. The summed E-state index contributed by atoms with van der Waals surface area (Å²) < 4.78 is 23.1. The van der Waals surface area contributed by atoms with Crippen LogP contribution in [0.25, 0.3) is 0 Å². The van der Waals surface area contributed by atoms with Crippen LogP contribution in [0.15, 0.2) is 18.2 Å². The molecule has 1 aromatic carbocycles. The van der Waals surface area contributed by atoms with Gasteiger partial charge >= 0.3 is 5.69 Å². The molecule has 0 bridgehead atoms. The van der Waals surface area contributed by atoms with Crippen LogP contribution in [-0.2, 0) is 9.84 Å². The smallest absolute Gasteiger partial charge is 0.310 e. The predicted molar refractivity (Wildman–Crippen MR) is 73.4 cm³/mol. The number of hydrogen-bond donors (Lipinski definition) is 1. The Hall–Kier alpha value is -1.34. The Morgan fingerprint density at radius 1 is 1.42 bits per heavy atom. The number of hydrogen-bond acceptors (Lipinski definition) is 5. The number of benzene rings is 1. The number of sulfone groups is 1. The van der Waals surface area contributed by atoms with Gasteiger partial charge in [-0.25, -0.2) is 8.42 Å². The summed E-state index contributed by atoms with van der Waals surface area (Å²) >= 11 is 5.80. The highest BCUT2D eigenvalue weighted by molar-refractivity contribution is 7.91. The molecule has 1 saturated heterocycles. The molecule has 2 rings (SSSR count). The molecular formula is C11H13ClN2O4S. The largest absolute Gasteiger partial charge is 0.376 e. The van der Waals surface area contributed by atoms with Gasteiger partial charge in [0.1, 0.15) is 10.7 Å². The molecule has 1 aliphatic heterocycles. The summed E-state index contributed by atoms with van der Waals surface area (Å²) in [5.74, 6) is 0.180. The van der Waals surface area contributed by atoms with Crippen molar-refractivity contribution in [3.05, 3.63) is 33.3 Å². The average Bonchev–Trinajstić information content (AvgIpc) is 2.26. The van der Waals surface area contributed by atoms with Crippen molar-refractivity contribution in [3.8, 4) is 0 Å². The van der Waals surface area contributed by atoms with Gasteiger partial charge in [0.05, 0.1) is 16.4 Å². The second-order valence-corrected chi connectivity index (χ2v) is 7.13. The van der Waals surface area contributed by atoms with Crippen LogP contribution in [0.4, 0.5) is 11.4 Å². The van der Waals surface area contributed by atoms with Gasteiger partial charge < -0.3 is 5.32 Å². The fraction of sp³-hybridized carbons (Fsp3) is 0.455. The third kappa shape index (κ3) is 3.36. The van der Waals surface area contributed by atoms with E-state index in [-0.39, 0.29) is 33.9 Å². The molecule has 0 aliphatic carbocycles. The Labute approximate surface area is 115 Å². The highest BCUT2D eigenvalue weighted by atomic mass is 35.5. The van der Waals surface area contributed by atoms with Gasteiger partial charge in [0.15, 0.2) is 9.84 Å². The summed E-state index contributed by atoms with van der Waals surface area (Å²) in [7, 11) is -3.06. The van der Waals surface area contributed by atoms with Gasteiger partial charge in [-0.1, -0.05) is 17.7 Å². The van der Waals surface area contributed by atoms with E-state index in [0.717, 1.165) is 0 Å². The molecule has 19 heavy (non-hydrogen) atoms. The number of nitrogens with zero attached hydrogens (tertiary/aromatic N) is 1. The van der Waals surface area contributed by atoms with Crippen molar-refractivity contribution in [1.82, 2.24) is 0 Å². The Morgan fingerprint density at radius 2 is 2.16 bits per heavy atom. The second kappa shape index (κ2) is 5.34. The van der Waals surface area contributed by atoms with Gasteiger partial charge in [-0.3, -0.25) is 10.1 Å². The first-order valence-corrected chi connectivity index (χ1v) is 7.99. The van der Waals surface area contributed by atoms with E-state index in [1.807, 2.05) is 0 Å². The van der Waals surface area contributed by atoms with E-state index < -0.39 is 14.8 Å². The standard InChI is InChI=1S/C11H13ClN2O4S/c12-9-4-1-5-10(11(9)14(15)16)13-8-3-2-6-19(17,18)7-8/h1,4-5,8,13H,2-3,6-7H2. The number of rotatable bonds is 3. The first-order chi connectivity index (χ1) is 8.89. The van der Waals surface area contributed by atoms with Crippen molar-refractivity contribution in [2.75, 3.05) is 16.8 Å². The Balaban J connectivity index is 2.24. The van der Waals surface area contributed by atoms with E-state index in [9.17, 15) is 18.5 Å². The van der Waals surface area contributed by atoms with Crippen molar-refractivity contribution in [2.45, 2.75) is 18.9 Å². The molecule has 8 heteroatoms. The zero-order chi connectivity index (χ0) is 14.0. The average molecular weight is 305 g/mol. The number of nitro groups is 1. The molecule has 0 aromatic heterocycles.